The van der Waals surface area contributed by atoms with Gasteiger partial charge in [0, 0.05) is 0 Å². The standard InChI is InChI=1S/C11H10N2O5/c1-3-18-11(14)8-5-4-7(6-12)10(17-2)9(8)13(15)16/h4-5H,3H2,1-2H3. The minimum absolute atomic E-state index is 0.0164. The van der Waals surface area contributed by atoms with E-state index in [1.807, 2.05) is 0 Å². The molecule has 94 valence electrons. The molecule has 0 unspecified atom stereocenters. The molecule has 18 heavy (non-hydrogen) atoms. The number of benzene rings is 1. The maximum absolute atomic E-state index is 11.6. The number of nitro benzene ring substituents is 1. The minimum Gasteiger partial charge on any atom is -0.489 e. The van der Waals surface area contributed by atoms with Crippen molar-refractivity contribution in [2.45, 2.75) is 6.92 Å². The largest absolute Gasteiger partial charge is 0.489 e. The molecule has 0 bridgehead atoms. The van der Waals surface area contributed by atoms with Crippen LogP contribution < -0.4 is 4.74 Å². The van der Waals surface area contributed by atoms with Crippen LogP contribution in [-0.2, 0) is 4.74 Å². The van der Waals surface area contributed by atoms with Gasteiger partial charge in [-0.25, -0.2) is 4.79 Å². The first-order valence-electron chi connectivity index (χ1n) is 4.99. The molecule has 1 rings (SSSR count). The Bertz CT molecular complexity index is 533. The number of nitriles is 1. The van der Waals surface area contributed by atoms with Crippen molar-refractivity contribution in [1.29, 1.82) is 5.26 Å². The van der Waals surface area contributed by atoms with Crippen molar-refractivity contribution in [3.63, 3.8) is 0 Å². The fourth-order valence-electron chi connectivity index (χ4n) is 1.42. The number of carbonyl (C=O) groups excluding carboxylic acids is 1. The van der Waals surface area contributed by atoms with Crippen molar-refractivity contribution >= 4 is 11.7 Å². The molecule has 0 saturated heterocycles. The Morgan fingerprint density at radius 3 is 2.67 bits per heavy atom. The van der Waals surface area contributed by atoms with Crippen molar-refractivity contribution in [3.05, 3.63) is 33.4 Å². The van der Waals surface area contributed by atoms with Crippen LogP contribution in [0.15, 0.2) is 12.1 Å². The smallest absolute Gasteiger partial charge is 0.345 e. The van der Waals surface area contributed by atoms with Gasteiger partial charge in [0.2, 0.25) is 5.75 Å². The Morgan fingerprint density at radius 2 is 2.22 bits per heavy atom. The third kappa shape index (κ3) is 2.38. The summed E-state index contributed by atoms with van der Waals surface area (Å²) >= 11 is 0. The van der Waals surface area contributed by atoms with E-state index in [4.69, 9.17) is 14.7 Å². The van der Waals surface area contributed by atoms with Crippen LogP contribution in [0.2, 0.25) is 0 Å². The van der Waals surface area contributed by atoms with Gasteiger partial charge in [0.25, 0.3) is 0 Å². The van der Waals surface area contributed by atoms with Crippen LogP contribution >= 0.6 is 0 Å². The third-order valence-corrected chi connectivity index (χ3v) is 2.13. The molecule has 0 spiro atoms. The number of rotatable bonds is 4. The topological polar surface area (TPSA) is 102 Å². The summed E-state index contributed by atoms with van der Waals surface area (Å²) in [4.78, 5) is 21.8. The van der Waals surface area contributed by atoms with E-state index in [-0.39, 0.29) is 23.5 Å². The van der Waals surface area contributed by atoms with E-state index >= 15 is 0 Å². The van der Waals surface area contributed by atoms with Crippen LogP contribution in [0.4, 0.5) is 5.69 Å². The minimum atomic E-state index is -0.827. The lowest BCUT2D eigenvalue weighted by Gasteiger charge is -2.07. The molecule has 0 fully saturated rings. The molecule has 0 aromatic heterocycles. The SMILES string of the molecule is CCOC(=O)c1ccc(C#N)c(OC)c1[N+](=O)[O-]. The molecule has 1 aromatic carbocycles. The average molecular weight is 250 g/mol. The second-order valence-corrected chi connectivity index (χ2v) is 3.13. The van der Waals surface area contributed by atoms with E-state index in [1.54, 1.807) is 13.0 Å². The Hall–Kier alpha value is -2.62. The first-order valence-corrected chi connectivity index (χ1v) is 4.99. The average Bonchev–Trinajstić information content (AvgIpc) is 2.36. The monoisotopic (exact) mass is 250 g/mol. The van der Waals surface area contributed by atoms with Crippen molar-refractivity contribution in [3.8, 4) is 11.8 Å². The van der Waals surface area contributed by atoms with Crippen LogP contribution in [0.25, 0.3) is 0 Å². The molecule has 7 nitrogen and oxygen atoms in total. The Labute approximate surface area is 103 Å². The molecule has 0 aliphatic heterocycles. The molecular formula is C11H10N2O5. The van der Waals surface area contributed by atoms with Crippen LogP contribution in [0.1, 0.15) is 22.8 Å². The van der Waals surface area contributed by atoms with Gasteiger partial charge >= 0.3 is 11.7 Å². The second-order valence-electron chi connectivity index (χ2n) is 3.13. The van der Waals surface area contributed by atoms with Crippen LogP contribution in [-0.4, -0.2) is 24.6 Å². The summed E-state index contributed by atoms with van der Waals surface area (Å²) in [5.41, 5.74) is -0.815. The molecule has 7 heteroatoms. The van der Waals surface area contributed by atoms with Gasteiger partial charge in [-0.05, 0) is 19.1 Å². The molecule has 0 atom stereocenters. The predicted molar refractivity (Wildman–Crippen MR) is 60.3 cm³/mol. The van der Waals surface area contributed by atoms with Gasteiger partial charge < -0.3 is 9.47 Å². The Kier molecular flexibility index (Phi) is 4.21. The highest BCUT2D eigenvalue weighted by atomic mass is 16.6. The summed E-state index contributed by atoms with van der Waals surface area (Å²) in [6.07, 6.45) is 0. The first kappa shape index (κ1) is 13.4. The molecule has 0 amide bonds. The maximum atomic E-state index is 11.6. The summed E-state index contributed by atoms with van der Waals surface area (Å²) in [6.45, 7) is 1.68. The highest BCUT2D eigenvalue weighted by Crippen LogP contribution is 2.34. The van der Waals surface area contributed by atoms with E-state index in [0.29, 0.717) is 0 Å². The highest BCUT2D eigenvalue weighted by molar-refractivity contribution is 5.95. The van der Waals surface area contributed by atoms with Gasteiger partial charge in [-0.1, -0.05) is 0 Å². The number of hydrogen-bond donors (Lipinski definition) is 0. The zero-order valence-corrected chi connectivity index (χ0v) is 9.80. The molecule has 0 saturated carbocycles. The van der Waals surface area contributed by atoms with Crippen molar-refractivity contribution < 1.29 is 19.2 Å². The van der Waals surface area contributed by atoms with Crippen molar-refractivity contribution in [2.75, 3.05) is 13.7 Å². The van der Waals surface area contributed by atoms with Gasteiger partial charge in [-0.3, -0.25) is 10.1 Å². The number of hydrogen-bond acceptors (Lipinski definition) is 6. The molecule has 0 aliphatic carbocycles. The lowest BCUT2D eigenvalue weighted by Crippen LogP contribution is -2.09. The summed E-state index contributed by atoms with van der Waals surface area (Å²) in [5.74, 6) is -1.07. The molecule has 0 radical (unpaired) electrons. The number of nitrogens with zero attached hydrogens (tertiary/aromatic N) is 2. The third-order valence-electron chi connectivity index (χ3n) is 2.13. The normalized spacial score (nSPS) is 9.39. The van der Waals surface area contributed by atoms with Gasteiger partial charge in [0.15, 0.2) is 0 Å². The molecule has 1 aromatic rings. The van der Waals surface area contributed by atoms with Gasteiger partial charge in [0.1, 0.15) is 17.2 Å². The van der Waals surface area contributed by atoms with Crippen LogP contribution in [0.5, 0.6) is 5.75 Å². The summed E-state index contributed by atoms with van der Waals surface area (Å²) in [7, 11) is 1.19. The van der Waals surface area contributed by atoms with Crippen molar-refractivity contribution in [2.24, 2.45) is 0 Å². The summed E-state index contributed by atoms with van der Waals surface area (Å²) < 4.78 is 9.54. The zero-order chi connectivity index (χ0) is 13.7. The lowest BCUT2D eigenvalue weighted by molar-refractivity contribution is -0.386. The number of carbonyl (C=O) groups is 1. The van der Waals surface area contributed by atoms with Crippen LogP contribution in [0, 0.1) is 21.4 Å². The summed E-state index contributed by atoms with van der Waals surface area (Å²) in [6, 6.07) is 4.21. The van der Waals surface area contributed by atoms with E-state index < -0.39 is 16.6 Å². The van der Waals surface area contributed by atoms with Crippen LogP contribution in [0.3, 0.4) is 0 Å². The highest BCUT2D eigenvalue weighted by Gasteiger charge is 2.29. The Morgan fingerprint density at radius 1 is 1.56 bits per heavy atom. The van der Waals surface area contributed by atoms with Gasteiger partial charge in [0.05, 0.1) is 18.6 Å². The van der Waals surface area contributed by atoms with E-state index in [9.17, 15) is 14.9 Å². The fourth-order valence-corrected chi connectivity index (χ4v) is 1.42. The van der Waals surface area contributed by atoms with Crippen molar-refractivity contribution in [1.82, 2.24) is 0 Å². The molecule has 0 N–H and O–H groups in total. The predicted octanol–water partition coefficient (Wildman–Crippen LogP) is 1.65. The second kappa shape index (κ2) is 5.63. The molecule has 0 heterocycles. The quantitative estimate of drug-likeness (QED) is 0.457. The van der Waals surface area contributed by atoms with Gasteiger partial charge in [-0.15, -0.1) is 0 Å². The number of esters is 1. The number of methoxy groups -OCH3 is 1. The van der Waals surface area contributed by atoms with E-state index in [0.717, 1.165) is 0 Å². The number of nitro groups is 1. The first-order chi connectivity index (χ1) is 8.56. The van der Waals surface area contributed by atoms with E-state index in [2.05, 4.69) is 0 Å². The molecule has 0 aliphatic rings. The fraction of sp³-hybridized carbons (Fsp3) is 0.273. The van der Waals surface area contributed by atoms with Gasteiger partial charge in [-0.2, -0.15) is 5.26 Å². The van der Waals surface area contributed by atoms with E-state index in [1.165, 1.54) is 19.2 Å². The summed E-state index contributed by atoms with van der Waals surface area (Å²) in [5, 5.41) is 19.8. The number of ether oxygens (including phenoxy) is 2. The lowest BCUT2D eigenvalue weighted by atomic mass is 10.1. The Balaban J connectivity index is 3.50. The molecular weight excluding hydrogens is 240 g/mol. The maximum Gasteiger partial charge on any atom is 0.345 e. The zero-order valence-electron chi connectivity index (χ0n) is 9.80.